The fourth-order valence-corrected chi connectivity index (χ4v) is 3.44. The number of anilines is 1. The molecule has 1 aliphatic rings. The summed E-state index contributed by atoms with van der Waals surface area (Å²) >= 11 is 0. The van der Waals surface area contributed by atoms with Gasteiger partial charge in [0, 0.05) is 5.69 Å². The Bertz CT molecular complexity index is 815. The maximum atomic E-state index is 13.6. The maximum Gasteiger partial charge on any atom is 0.243 e. The van der Waals surface area contributed by atoms with E-state index in [1.807, 2.05) is 31.2 Å². The Morgan fingerprint density at radius 1 is 1.12 bits per heavy atom. The van der Waals surface area contributed by atoms with Gasteiger partial charge in [-0.25, -0.2) is 4.39 Å². The number of nitrogens with one attached hydrogen (secondary N) is 2. The van der Waals surface area contributed by atoms with E-state index in [0.717, 1.165) is 24.1 Å². The van der Waals surface area contributed by atoms with Crippen molar-refractivity contribution in [3.05, 3.63) is 65.5 Å². The van der Waals surface area contributed by atoms with Gasteiger partial charge in [-0.2, -0.15) is 0 Å². The topological polar surface area (TPSA) is 58.2 Å². The second-order valence-electron chi connectivity index (χ2n) is 6.69. The Balaban J connectivity index is 1.63. The molecule has 26 heavy (non-hydrogen) atoms. The average Bonchev–Trinajstić information content (AvgIpc) is 2.59. The van der Waals surface area contributed by atoms with Crippen LogP contribution in [-0.4, -0.2) is 18.4 Å². The van der Waals surface area contributed by atoms with E-state index in [0.29, 0.717) is 18.4 Å². The first-order valence-electron chi connectivity index (χ1n) is 8.97. The fourth-order valence-electron chi connectivity index (χ4n) is 3.44. The molecule has 0 saturated heterocycles. The van der Waals surface area contributed by atoms with Crippen molar-refractivity contribution >= 4 is 17.5 Å². The summed E-state index contributed by atoms with van der Waals surface area (Å²) in [6.45, 7) is 1.92. The summed E-state index contributed by atoms with van der Waals surface area (Å²) < 4.78 is 13.6. The largest absolute Gasteiger partial charge is 0.346 e. The summed E-state index contributed by atoms with van der Waals surface area (Å²) in [4.78, 5) is 24.9. The second-order valence-corrected chi connectivity index (χ2v) is 6.69. The highest BCUT2D eigenvalue weighted by Crippen LogP contribution is 2.44. The molecule has 2 aromatic carbocycles. The summed E-state index contributed by atoms with van der Waals surface area (Å²) in [5.41, 5.74) is 1.77. The first kappa shape index (κ1) is 18.1. The van der Waals surface area contributed by atoms with Crippen LogP contribution in [-0.2, 0) is 21.4 Å². The minimum absolute atomic E-state index is 0.103. The number of hydrogen-bond acceptors (Lipinski definition) is 2. The van der Waals surface area contributed by atoms with Crippen LogP contribution in [0.2, 0.25) is 0 Å². The lowest BCUT2D eigenvalue weighted by Crippen LogP contribution is -2.50. The SMILES string of the molecule is CCc1ccccc1NC(=O)CNC(=O)C1(c2cccc(F)c2)CCC1. The lowest BCUT2D eigenvalue weighted by molar-refractivity contribution is -0.131. The third kappa shape index (κ3) is 3.62. The minimum atomic E-state index is -0.719. The van der Waals surface area contributed by atoms with E-state index in [4.69, 9.17) is 0 Å². The molecule has 0 bridgehead atoms. The number of hydrogen-bond donors (Lipinski definition) is 2. The number of halogens is 1. The smallest absolute Gasteiger partial charge is 0.243 e. The third-order valence-corrected chi connectivity index (χ3v) is 5.10. The Morgan fingerprint density at radius 2 is 1.88 bits per heavy atom. The summed E-state index contributed by atoms with van der Waals surface area (Å²) in [5.74, 6) is -0.836. The standard InChI is InChI=1S/C21H23FN2O2/c1-2-15-7-3-4-10-18(15)24-19(25)14-23-20(26)21(11-6-12-21)16-8-5-9-17(22)13-16/h3-5,7-10,13H,2,6,11-12,14H2,1H3,(H,23,26)(H,24,25). The van der Waals surface area contributed by atoms with Crippen molar-refractivity contribution in [1.29, 1.82) is 0 Å². The van der Waals surface area contributed by atoms with Crippen LogP contribution in [0, 0.1) is 5.82 Å². The molecular formula is C21H23FN2O2. The molecule has 0 unspecified atom stereocenters. The Hall–Kier alpha value is -2.69. The van der Waals surface area contributed by atoms with Gasteiger partial charge in [0.25, 0.3) is 0 Å². The number of benzene rings is 2. The Labute approximate surface area is 152 Å². The van der Waals surface area contributed by atoms with Gasteiger partial charge in [0.05, 0.1) is 12.0 Å². The molecule has 2 N–H and O–H groups in total. The van der Waals surface area contributed by atoms with E-state index < -0.39 is 5.41 Å². The zero-order valence-electron chi connectivity index (χ0n) is 14.8. The van der Waals surface area contributed by atoms with E-state index in [-0.39, 0.29) is 24.2 Å². The van der Waals surface area contributed by atoms with Crippen LogP contribution in [0.1, 0.15) is 37.3 Å². The molecule has 136 valence electrons. The Morgan fingerprint density at radius 3 is 2.54 bits per heavy atom. The van der Waals surface area contributed by atoms with Crippen molar-refractivity contribution in [3.63, 3.8) is 0 Å². The molecule has 0 spiro atoms. The second kappa shape index (κ2) is 7.68. The molecule has 1 fully saturated rings. The van der Waals surface area contributed by atoms with Gasteiger partial charge >= 0.3 is 0 Å². The molecule has 0 heterocycles. The molecule has 2 aromatic rings. The number of carbonyl (C=O) groups is 2. The number of rotatable bonds is 6. The molecule has 0 aliphatic heterocycles. The van der Waals surface area contributed by atoms with Crippen molar-refractivity contribution in [3.8, 4) is 0 Å². The lowest BCUT2D eigenvalue weighted by atomic mass is 9.64. The average molecular weight is 354 g/mol. The van der Waals surface area contributed by atoms with Crippen LogP contribution < -0.4 is 10.6 Å². The van der Waals surface area contributed by atoms with E-state index in [2.05, 4.69) is 10.6 Å². The van der Waals surface area contributed by atoms with Gasteiger partial charge in [-0.15, -0.1) is 0 Å². The zero-order valence-corrected chi connectivity index (χ0v) is 14.8. The van der Waals surface area contributed by atoms with Crippen LogP contribution in [0.3, 0.4) is 0 Å². The molecule has 3 rings (SSSR count). The van der Waals surface area contributed by atoms with Gasteiger partial charge in [0.15, 0.2) is 0 Å². The molecule has 2 amide bonds. The number of aryl methyl sites for hydroxylation is 1. The van der Waals surface area contributed by atoms with E-state index >= 15 is 0 Å². The third-order valence-electron chi connectivity index (χ3n) is 5.10. The van der Waals surface area contributed by atoms with Crippen molar-refractivity contribution in [1.82, 2.24) is 5.32 Å². The molecule has 4 nitrogen and oxygen atoms in total. The van der Waals surface area contributed by atoms with Crippen LogP contribution >= 0.6 is 0 Å². The highest BCUT2D eigenvalue weighted by atomic mass is 19.1. The molecule has 0 atom stereocenters. The van der Waals surface area contributed by atoms with Gasteiger partial charge in [-0.1, -0.05) is 43.7 Å². The van der Waals surface area contributed by atoms with E-state index in [1.54, 1.807) is 12.1 Å². The number of para-hydroxylation sites is 1. The fraction of sp³-hybridized carbons (Fsp3) is 0.333. The molecular weight excluding hydrogens is 331 g/mol. The zero-order chi connectivity index (χ0) is 18.6. The summed E-state index contributed by atoms with van der Waals surface area (Å²) in [5, 5.41) is 5.57. The van der Waals surface area contributed by atoms with E-state index in [9.17, 15) is 14.0 Å². The predicted molar refractivity (Wildman–Crippen MR) is 99.4 cm³/mol. The van der Waals surface area contributed by atoms with Gasteiger partial charge < -0.3 is 10.6 Å². The molecule has 0 radical (unpaired) electrons. The van der Waals surface area contributed by atoms with Gasteiger partial charge in [0.2, 0.25) is 11.8 Å². The molecule has 1 saturated carbocycles. The summed E-state index contributed by atoms with van der Waals surface area (Å²) in [6.07, 6.45) is 3.07. The first-order valence-corrected chi connectivity index (χ1v) is 8.97. The molecule has 5 heteroatoms. The van der Waals surface area contributed by atoms with Crippen LogP contribution in [0.4, 0.5) is 10.1 Å². The van der Waals surface area contributed by atoms with Gasteiger partial charge in [-0.05, 0) is 48.6 Å². The first-order chi connectivity index (χ1) is 12.5. The molecule has 0 aromatic heterocycles. The van der Waals surface area contributed by atoms with Crippen molar-refractivity contribution in [2.24, 2.45) is 0 Å². The van der Waals surface area contributed by atoms with Gasteiger partial charge in [-0.3, -0.25) is 9.59 Å². The van der Waals surface area contributed by atoms with Crippen LogP contribution in [0.15, 0.2) is 48.5 Å². The Kier molecular flexibility index (Phi) is 5.35. The quantitative estimate of drug-likeness (QED) is 0.833. The molecule has 1 aliphatic carbocycles. The predicted octanol–water partition coefficient (Wildman–Crippen LogP) is 3.56. The van der Waals surface area contributed by atoms with Crippen molar-refractivity contribution < 1.29 is 14.0 Å². The number of carbonyl (C=O) groups excluding carboxylic acids is 2. The monoisotopic (exact) mass is 354 g/mol. The normalized spacial score (nSPS) is 15.0. The maximum absolute atomic E-state index is 13.6. The summed E-state index contributed by atoms with van der Waals surface area (Å²) in [7, 11) is 0. The van der Waals surface area contributed by atoms with Crippen LogP contribution in [0.25, 0.3) is 0 Å². The van der Waals surface area contributed by atoms with Gasteiger partial charge in [0.1, 0.15) is 5.82 Å². The van der Waals surface area contributed by atoms with Crippen LogP contribution in [0.5, 0.6) is 0 Å². The summed E-state index contributed by atoms with van der Waals surface area (Å²) in [6, 6.07) is 13.8. The highest BCUT2D eigenvalue weighted by molar-refractivity contribution is 5.97. The van der Waals surface area contributed by atoms with E-state index in [1.165, 1.54) is 12.1 Å². The minimum Gasteiger partial charge on any atom is -0.346 e. The highest BCUT2D eigenvalue weighted by Gasteiger charge is 2.45. The lowest BCUT2D eigenvalue weighted by Gasteiger charge is -2.40. The number of amides is 2. The van der Waals surface area contributed by atoms with Crippen molar-refractivity contribution in [2.45, 2.75) is 38.0 Å². The van der Waals surface area contributed by atoms with Crippen molar-refractivity contribution in [2.75, 3.05) is 11.9 Å².